The number of hydrogen-bond acceptors (Lipinski definition) is 3. The van der Waals surface area contributed by atoms with Gasteiger partial charge < -0.3 is 4.98 Å². The third-order valence-corrected chi connectivity index (χ3v) is 3.82. The van der Waals surface area contributed by atoms with Crippen molar-refractivity contribution in [2.75, 3.05) is 13.1 Å². The molecule has 0 unspecified atom stereocenters. The average Bonchev–Trinajstić information content (AvgIpc) is 2.52. The van der Waals surface area contributed by atoms with Crippen molar-refractivity contribution in [1.82, 2.24) is 9.88 Å². The lowest BCUT2D eigenvalue weighted by molar-refractivity contribution is 0.296. The molecule has 0 saturated carbocycles. The predicted molar refractivity (Wildman–Crippen MR) is 88.6 cm³/mol. The lowest BCUT2D eigenvalue weighted by atomic mass is 9.99. The highest BCUT2D eigenvalue weighted by atomic mass is 16.1. The Labute approximate surface area is 131 Å². The number of hydrogen-bond donors (Lipinski definition) is 1. The van der Waals surface area contributed by atoms with Crippen molar-refractivity contribution in [3.8, 4) is 17.2 Å². The quantitative estimate of drug-likeness (QED) is 0.922. The number of benzene rings is 1. The van der Waals surface area contributed by atoms with E-state index in [0.717, 1.165) is 30.9 Å². The highest BCUT2D eigenvalue weighted by Gasteiger charge is 2.11. The van der Waals surface area contributed by atoms with Crippen LogP contribution in [0.1, 0.15) is 30.7 Å². The van der Waals surface area contributed by atoms with Gasteiger partial charge in [-0.15, -0.1) is 0 Å². The van der Waals surface area contributed by atoms with Crippen LogP contribution in [-0.4, -0.2) is 23.0 Å². The number of pyridine rings is 1. The van der Waals surface area contributed by atoms with Crippen molar-refractivity contribution in [3.05, 3.63) is 57.5 Å². The molecular formula is C18H21N3O. The van der Waals surface area contributed by atoms with E-state index in [2.05, 4.69) is 35.9 Å². The van der Waals surface area contributed by atoms with Gasteiger partial charge in [0.25, 0.3) is 5.56 Å². The Kier molecular flexibility index (Phi) is 5.13. The van der Waals surface area contributed by atoms with Gasteiger partial charge in [-0.2, -0.15) is 5.26 Å². The summed E-state index contributed by atoms with van der Waals surface area (Å²) in [6.45, 7) is 8.96. The van der Waals surface area contributed by atoms with Crippen molar-refractivity contribution in [2.24, 2.45) is 0 Å². The molecule has 1 aromatic carbocycles. The summed E-state index contributed by atoms with van der Waals surface area (Å²) in [5, 5.41) is 9.26. The molecular weight excluding hydrogens is 274 g/mol. The highest BCUT2D eigenvalue weighted by molar-refractivity contribution is 5.70. The Balaban J connectivity index is 2.47. The predicted octanol–water partition coefficient (Wildman–Crippen LogP) is 3.06. The Morgan fingerprint density at radius 3 is 2.59 bits per heavy atom. The molecule has 0 saturated heterocycles. The molecule has 0 radical (unpaired) electrons. The fraction of sp³-hybridized carbons (Fsp3) is 0.333. The number of aryl methyl sites for hydroxylation is 1. The van der Waals surface area contributed by atoms with Gasteiger partial charge in [-0.25, -0.2) is 0 Å². The summed E-state index contributed by atoms with van der Waals surface area (Å²) >= 11 is 0. The van der Waals surface area contributed by atoms with E-state index in [9.17, 15) is 10.1 Å². The van der Waals surface area contributed by atoms with E-state index in [1.807, 2.05) is 31.2 Å². The van der Waals surface area contributed by atoms with Crippen molar-refractivity contribution in [2.45, 2.75) is 27.3 Å². The number of rotatable bonds is 5. The molecule has 0 aliphatic rings. The van der Waals surface area contributed by atoms with Gasteiger partial charge in [0.05, 0.1) is 0 Å². The van der Waals surface area contributed by atoms with Crippen LogP contribution in [0.15, 0.2) is 35.1 Å². The van der Waals surface area contributed by atoms with E-state index in [1.54, 1.807) is 0 Å². The molecule has 1 N–H and O–H groups in total. The normalized spacial score (nSPS) is 10.7. The number of H-pyrrole nitrogens is 1. The largest absolute Gasteiger partial charge is 0.325 e. The van der Waals surface area contributed by atoms with Crippen LogP contribution in [0.4, 0.5) is 0 Å². The smallest absolute Gasteiger partial charge is 0.266 e. The molecule has 0 aliphatic heterocycles. The van der Waals surface area contributed by atoms with Crippen molar-refractivity contribution in [3.63, 3.8) is 0 Å². The van der Waals surface area contributed by atoms with Gasteiger partial charge in [-0.05, 0) is 43.3 Å². The zero-order valence-corrected chi connectivity index (χ0v) is 13.3. The van der Waals surface area contributed by atoms with Gasteiger partial charge in [0.1, 0.15) is 11.6 Å². The summed E-state index contributed by atoms with van der Waals surface area (Å²) in [6, 6.07) is 11.9. The average molecular weight is 295 g/mol. The summed E-state index contributed by atoms with van der Waals surface area (Å²) in [4.78, 5) is 16.9. The Morgan fingerprint density at radius 1 is 1.23 bits per heavy atom. The first-order chi connectivity index (χ1) is 10.6. The first kappa shape index (κ1) is 16.0. The second-order valence-corrected chi connectivity index (χ2v) is 5.34. The minimum Gasteiger partial charge on any atom is -0.325 e. The van der Waals surface area contributed by atoms with Gasteiger partial charge in [-0.1, -0.05) is 32.0 Å². The molecule has 2 aromatic rings. The number of nitriles is 1. The van der Waals surface area contributed by atoms with Crippen LogP contribution in [0, 0.1) is 18.3 Å². The van der Waals surface area contributed by atoms with Gasteiger partial charge in [-0.3, -0.25) is 9.69 Å². The van der Waals surface area contributed by atoms with Crippen LogP contribution in [0.5, 0.6) is 0 Å². The summed E-state index contributed by atoms with van der Waals surface area (Å²) in [7, 11) is 0. The fourth-order valence-corrected chi connectivity index (χ4v) is 2.57. The number of aromatic amines is 1. The highest BCUT2D eigenvalue weighted by Crippen LogP contribution is 2.23. The maximum absolute atomic E-state index is 11.9. The molecule has 4 nitrogen and oxygen atoms in total. The van der Waals surface area contributed by atoms with Crippen molar-refractivity contribution in [1.29, 1.82) is 5.26 Å². The third-order valence-electron chi connectivity index (χ3n) is 3.82. The second kappa shape index (κ2) is 7.06. The van der Waals surface area contributed by atoms with Crippen LogP contribution in [0.3, 0.4) is 0 Å². The third kappa shape index (κ3) is 3.44. The van der Waals surface area contributed by atoms with E-state index in [4.69, 9.17) is 0 Å². The molecule has 114 valence electrons. The Bertz CT molecular complexity index is 752. The number of aromatic nitrogens is 1. The zero-order chi connectivity index (χ0) is 16.1. The van der Waals surface area contributed by atoms with E-state index in [0.29, 0.717) is 5.56 Å². The standard InChI is InChI=1S/C18H21N3O/c1-4-21(5-2)12-14-7-6-8-15(10-14)16-9-13(3)20-18(22)17(16)11-19/h6-10H,4-5,12H2,1-3H3,(H,20,22). The molecule has 0 atom stereocenters. The molecule has 0 spiro atoms. The minimum atomic E-state index is -0.327. The summed E-state index contributed by atoms with van der Waals surface area (Å²) in [6.07, 6.45) is 0. The summed E-state index contributed by atoms with van der Waals surface area (Å²) in [5.41, 5.74) is 3.40. The molecule has 0 bridgehead atoms. The topological polar surface area (TPSA) is 59.9 Å². The van der Waals surface area contributed by atoms with Crippen LogP contribution in [0.2, 0.25) is 0 Å². The molecule has 4 heteroatoms. The Morgan fingerprint density at radius 2 is 1.95 bits per heavy atom. The molecule has 0 aliphatic carbocycles. The van der Waals surface area contributed by atoms with Gasteiger partial charge in [0.15, 0.2) is 0 Å². The van der Waals surface area contributed by atoms with Crippen molar-refractivity contribution >= 4 is 0 Å². The molecule has 0 fully saturated rings. The lowest BCUT2D eigenvalue weighted by Gasteiger charge is -2.18. The fourth-order valence-electron chi connectivity index (χ4n) is 2.57. The molecule has 1 heterocycles. The lowest BCUT2D eigenvalue weighted by Crippen LogP contribution is -2.22. The molecule has 0 amide bonds. The first-order valence-electron chi connectivity index (χ1n) is 7.54. The maximum atomic E-state index is 11.9. The minimum absolute atomic E-state index is 0.172. The maximum Gasteiger partial charge on any atom is 0.266 e. The monoisotopic (exact) mass is 295 g/mol. The van der Waals surface area contributed by atoms with Crippen LogP contribution < -0.4 is 5.56 Å². The van der Waals surface area contributed by atoms with Gasteiger partial charge in [0, 0.05) is 17.8 Å². The van der Waals surface area contributed by atoms with E-state index in [1.165, 1.54) is 5.56 Å². The number of nitrogens with zero attached hydrogens (tertiary/aromatic N) is 2. The second-order valence-electron chi connectivity index (χ2n) is 5.34. The first-order valence-corrected chi connectivity index (χ1v) is 7.54. The van der Waals surface area contributed by atoms with Gasteiger partial charge >= 0.3 is 0 Å². The van der Waals surface area contributed by atoms with E-state index < -0.39 is 0 Å². The zero-order valence-electron chi connectivity index (χ0n) is 13.3. The summed E-state index contributed by atoms with van der Waals surface area (Å²) < 4.78 is 0. The van der Waals surface area contributed by atoms with Crippen LogP contribution >= 0.6 is 0 Å². The van der Waals surface area contributed by atoms with Crippen LogP contribution in [-0.2, 0) is 6.54 Å². The van der Waals surface area contributed by atoms with E-state index in [-0.39, 0.29) is 11.1 Å². The molecule has 22 heavy (non-hydrogen) atoms. The SMILES string of the molecule is CCN(CC)Cc1cccc(-c2cc(C)[nH]c(=O)c2C#N)c1. The number of nitrogens with one attached hydrogen (secondary N) is 1. The Hall–Kier alpha value is -2.38. The van der Waals surface area contributed by atoms with Crippen molar-refractivity contribution < 1.29 is 0 Å². The molecule has 2 rings (SSSR count). The molecule has 1 aromatic heterocycles. The van der Waals surface area contributed by atoms with E-state index >= 15 is 0 Å². The summed E-state index contributed by atoms with van der Waals surface area (Å²) in [5.74, 6) is 0. The van der Waals surface area contributed by atoms with Crippen LogP contribution in [0.25, 0.3) is 11.1 Å². The van der Waals surface area contributed by atoms with Gasteiger partial charge in [0.2, 0.25) is 0 Å².